The lowest BCUT2D eigenvalue weighted by Crippen LogP contribution is -2.24. The van der Waals surface area contributed by atoms with Crippen molar-refractivity contribution in [3.05, 3.63) is 57.6 Å². The van der Waals surface area contributed by atoms with Crippen LogP contribution >= 0.6 is 27.7 Å². The zero-order valence-electron chi connectivity index (χ0n) is 11.9. The number of hydrogen-bond donors (Lipinski definition) is 1. The monoisotopic (exact) mass is 361 g/mol. The van der Waals surface area contributed by atoms with Gasteiger partial charge in [0.2, 0.25) is 5.91 Å². The largest absolute Gasteiger partial charge is 0.324 e. The van der Waals surface area contributed by atoms with Crippen molar-refractivity contribution in [1.82, 2.24) is 0 Å². The molecule has 4 heteroatoms. The van der Waals surface area contributed by atoms with Gasteiger partial charge in [0.25, 0.3) is 0 Å². The molecule has 2 aromatic carbocycles. The highest BCUT2D eigenvalue weighted by molar-refractivity contribution is 9.10. The predicted octanol–water partition coefficient (Wildman–Crippen LogP) is 4.72. The molecule has 1 amide bonds. The van der Waals surface area contributed by atoms with E-state index in [0.717, 1.165) is 22.1 Å². The third kappa shape index (κ3) is 3.16. The first-order valence-electron chi connectivity index (χ1n) is 6.86. The molecule has 1 heterocycles. The molecule has 21 heavy (non-hydrogen) atoms. The van der Waals surface area contributed by atoms with Gasteiger partial charge in [0.1, 0.15) is 0 Å². The Morgan fingerprint density at radius 3 is 2.67 bits per heavy atom. The summed E-state index contributed by atoms with van der Waals surface area (Å²) in [5.74, 6) is 0.0680. The van der Waals surface area contributed by atoms with Crippen LogP contribution in [0.4, 0.5) is 5.69 Å². The maximum atomic E-state index is 12.5. The molecule has 2 aromatic rings. The summed E-state index contributed by atoms with van der Waals surface area (Å²) in [5.41, 5.74) is 4.51. The highest BCUT2D eigenvalue weighted by atomic mass is 79.9. The van der Waals surface area contributed by atoms with Crippen LogP contribution in [0.2, 0.25) is 0 Å². The molecule has 0 bridgehead atoms. The van der Waals surface area contributed by atoms with E-state index in [4.69, 9.17) is 0 Å². The van der Waals surface area contributed by atoms with Crippen LogP contribution in [0.25, 0.3) is 0 Å². The molecular formula is C17H16BrNOS. The highest BCUT2D eigenvalue weighted by Crippen LogP contribution is 2.38. The maximum Gasteiger partial charge on any atom is 0.238 e. The Labute approximate surface area is 137 Å². The molecule has 1 N–H and O–H groups in total. The zero-order valence-corrected chi connectivity index (χ0v) is 14.3. The van der Waals surface area contributed by atoms with Crippen LogP contribution in [-0.4, -0.2) is 11.2 Å². The fourth-order valence-electron chi connectivity index (χ4n) is 2.42. The zero-order chi connectivity index (χ0) is 15.0. The van der Waals surface area contributed by atoms with Crippen molar-refractivity contribution >= 4 is 39.3 Å². The lowest BCUT2D eigenvalue weighted by molar-refractivity contribution is -0.115. The topological polar surface area (TPSA) is 29.1 Å². The second kappa shape index (κ2) is 5.85. The van der Waals surface area contributed by atoms with Gasteiger partial charge in [-0.3, -0.25) is 4.79 Å². The van der Waals surface area contributed by atoms with Crippen molar-refractivity contribution in [3.63, 3.8) is 0 Å². The van der Waals surface area contributed by atoms with Crippen LogP contribution in [-0.2, 0) is 11.2 Å². The minimum atomic E-state index is -0.0463. The third-order valence-corrected chi connectivity index (χ3v) is 5.53. The number of halogens is 1. The van der Waals surface area contributed by atoms with E-state index in [0.29, 0.717) is 0 Å². The summed E-state index contributed by atoms with van der Waals surface area (Å²) in [6.45, 7) is 4.11. The van der Waals surface area contributed by atoms with Crippen LogP contribution in [0.3, 0.4) is 0 Å². The van der Waals surface area contributed by atoms with E-state index in [9.17, 15) is 4.79 Å². The Morgan fingerprint density at radius 2 is 1.90 bits per heavy atom. The molecule has 1 atom stereocenters. The van der Waals surface area contributed by atoms with Gasteiger partial charge in [0, 0.05) is 9.37 Å². The number of aryl methyl sites for hydroxylation is 2. The summed E-state index contributed by atoms with van der Waals surface area (Å²) < 4.78 is 0.923. The van der Waals surface area contributed by atoms with Crippen molar-refractivity contribution in [2.45, 2.75) is 30.4 Å². The Morgan fingerprint density at radius 1 is 1.19 bits per heavy atom. The van der Waals surface area contributed by atoms with Gasteiger partial charge in [-0.05, 0) is 65.5 Å². The average Bonchev–Trinajstić information content (AvgIpc) is 2.85. The molecule has 1 aliphatic rings. The molecule has 0 radical (unpaired) electrons. The summed E-state index contributed by atoms with van der Waals surface area (Å²) in [7, 11) is 0. The van der Waals surface area contributed by atoms with Gasteiger partial charge in [-0.1, -0.05) is 23.8 Å². The van der Waals surface area contributed by atoms with E-state index in [1.54, 1.807) is 11.8 Å². The Balaban J connectivity index is 1.73. The SMILES string of the molecule is Cc1ccc(NC(=O)[C@H]2Cc3ccc(C)cc3S2)c(Br)c1. The van der Waals surface area contributed by atoms with Gasteiger partial charge in [0.15, 0.2) is 0 Å². The van der Waals surface area contributed by atoms with Crippen LogP contribution in [0.15, 0.2) is 45.8 Å². The number of hydrogen-bond acceptors (Lipinski definition) is 2. The molecule has 0 spiro atoms. The van der Waals surface area contributed by atoms with Gasteiger partial charge in [-0.2, -0.15) is 0 Å². The number of benzene rings is 2. The molecule has 1 aliphatic heterocycles. The molecular weight excluding hydrogens is 346 g/mol. The second-order valence-corrected chi connectivity index (χ2v) is 7.49. The van der Waals surface area contributed by atoms with Crippen LogP contribution < -0.4 is 5.32 Å². The fraction of sp³-hybridized carbons (Fsp3) is 0.235. The Bertz CT molecular complexity index is 714. The minimum Gasteiger partial charge on any atom is -0.324 e. The number of rotatable bonds is 2. The van der Waals surface area contributed by atoms with E-state index in [-0.39, 0.29) is 11.2 Å². The van der Waals surface area contributed by atoms with Crippen molar-refractivity contribution in [3.8, 4) is 0 Å². The standard InChI is InChI=1S/C17H16BrNOS/c1-10-4-6-14(13(18)7-10)19-17(20)16-9-12-5-3-11(2)8-15(12)21-16/h3-8,16H,9H2,1-2H3,(H,19,20)/t16-/m1/s1. The summed E-state index contributed by atoms with van der Waals surface area (Å²) in [5, 5.41) is 2.98. The highest BCUT2D eigenvalue weighted by Gasteiger charge is 2.28. The summed E-state index contributed by atoms with van der Waals surface area (Å²) in [6, 6.07) is 12.3. The maximum absolute atomic E-state index is 12.5. The number of thioether (sulfide) groups is 1. The van der Waals surface area contributed by atoms with E-state index in [1.807, 2.05) is 25.1 Å². The van der Waals surface area contributed by atoms with Gasteiger partial charge in [0.05, 0.1) is 10.9 Å². The minimum absolute atomic E-state index is 0.0463. The van der Waals surface area contributed by atoms with Gasteiger partial charge in [-0.15, -0.1) is 11.8 Å². The molecule has 0 aromatic heterocycles. The quantitative estimate of drug-likeness (QED) is 0.838. The van der Waals surface area contributed by atoms with Crippen LogP contribution in [0.5, 0.6) is 0 Å². The summed E-state index contributed by atoms with van der Waals surface area (Å²) in [6.07, 6.45) is 0.801. The lowest BCUT2D eigenvalue weighted by Gasteiger charge is -2.11. The average molecular weight is 362 g/mol. The lowest BCUT2D eigenvalue weighted by atomic mass is 10.1. The summed E-state index contributed by atoms with van der Waals surface area (Å²) >= 11 is 5.16. The number of carbonyl (C=O) groups is 1. The van der Waals surface area contributed by atoms with Gasteiger partial charge >= 0.3 is 0 Å². The van der Waals surface area contributed by atoms with Crippen molar-refractivity contribution in [2.24, 2.45) is 0 Å². The van der Waals surface area contributed by atoms with E-state index in [2.05, 4.69) is 46.4 Å². The molecule has 0 saturated carbocycles. The van der Waals surface area contributed by atoms with Crippen LogP contribution in [0.1, 0.15) is 16.7 Å². The third-order valence-electron chi connectivity index (χ3n) is 3.57. The fourth-order valence-corrected chi connectivity index (χ4v) is 4.30. The van der Waals surface area contributed by atoms with E-state index >= 15 is 0 Å². The Kier molecular flexibility index (Phi) is 4.09. The normalized spacial score (nSPS) is 16.6. The number of nitrogens with one attached hydrogen (secondary N) is 1. The number of anilines is 1. The Hall–Kier alpha value is -1.26. The molecule has 0 aliphatic carbocycles. The molecule has 0 saturated heterocycles. The summed E-state index contributed by atoms with van der Waals surface area (Å²) in [4.78, 5) is 13.7. The van der Waals surface area contributed by atoms with Gasteiger partial charge < -0.3 is 5.32 Å². The molecule has 0 fully saturated rings. The van der Waals surface area contributed by atoms with Crippen LogP contribution in [0, 0.1) is 13.8 Å². The molecule has 108 valence electrons. The number of carbonyl (C=O) groups excluding carboxylic acids is 1. The molecule has 3 rings (SSSR count). The number of amides is 1. The van der Waals surface area contributed by atoms with Crippen molar-refractivity contribution < 1.29 is 4.79 Å². The first kappa shape index (κ1) is 14.7. The first-order chi connectivity index (χ1) is 10.0. The second-order valence-electron chi connectivity index (χ2n) is 5.39. The van der Waals surface area contributed by atoms with Crippen molar-refractivity contribution in [1.29, 1.82) is 0 Å². The van der Waals surface area contributed by atoms with E-state index < -0.39 is 0 Å². The van der Waals surface area contributed by atoms with Crippen molar-refractivity contribution in [2.75, 3.05) is 5.32 Å². The molecule has 2 nitrogen and oxygen atoms in total. The molecule has 0 unspecified atom stereocenters. The number of fused-ring (bicyclic) bond motifs is 1. The van der Waals surface area contributed by atoms with Gasteiger partial charge in [-0.25, -0.2) is 0 Å². The van der Waals surface area contributed by atoms with E-state index in [1.165, 1.54) is 16.0 Å². The smallest absolute Gasteiger partial charge is 0.238 e. The predicted molar refractivity (Wildman–Crippen MR) is 92.0 cm³/mol. The first-order valence-corrected chi connectivity index (χ1v) is 8.53.